The van der Waals surface area contributed by atoms with Gasteiger partial charge in [-0.1, -0.05) is 12.1 Å². The summed E-state index contributed by atoms with van der Waals surface area (Å²) in [5.41, 5.74) is 7.83. The molecule has 19 heavy (non-hydrogen) atoms. The van der Waals surface area contributed by atoms with E-state index in [1.165, 1.54) is 0 Å². The molecule has 0 amide bonds. The number of rotatable bonds is 5. The van der Waals surface area contributed by atoms with Crippen molar-refractivity contribution in [1.29, 1.82) is 0 Å². The van der Waals surface area contributed by atoms with Gasteiger partial charge in [-0.15, -0.1) is 0 Å². The fourth-order valence-electron chi connectivity index (χ4n) is 1.91. The predicted octanol–water partition coefficient (Wildman–Crippen LogP) is 1.81. The van der Waals surface area contributed by atoms with Gasteiger partial charge in [-0.25, -0.2) is 4.98 Å². The number of aromatic amines is 1. The number of imidazole rings is 1. The number of hydrogen-bond acceptors (Lipinski definition) is 2. The molecule has 102 valence electrons. The second-order valence-corrected chi connectivity index (χ2v) is 4.87. The topological polar surface area (TPSA) is 79.1 Å². The quantitative estimate of drug-likeness (QED) is 0.435. The highest BCUT2D eigenvalue weighted by molar-refractivity contribution is 5.78. The van der Waals surface area contributed by atoms with Crippen LogP contribution in [-0.2, 0) is 6.42 Å². The number of para-hydroxylation sites is 2. The average Bonchev–Trinajstić information content (AvgIpc) is 2.76. The van der Waals surface area contributed by atoms with Crippen LogP contribution in [0.5, 0.6) is 0 Å². The lowest BCUT2D eigenvalue weighted by atomic mass is 10.3. The minimum atomic E-state index is 0.319. The van der Waals surface area contributed by atoms with E-state index >= 15 is 0 Å². The van der Waals surface area contributed by atoms with Crippen molar-refractivity contribution in [3.8, 4) is 0 Å². The minimum Gasteiger partial charge on any atom is -0.370 e. The zero-order valence-corrected chi connectivity index (χ0v) is 11.5. The van der Waals surface area contributed by atoms with Crippen molar-refractivity contribution in [2.75, 3.05) is 6.54 Å². The molecule has 0 saturated heterocycles. The third-order valence-electron chi connectivity index (χ3n) is 2.73. The molecular weight excluding hydrogens is 238 g/mol. The monoisotopic (exact) mass is 259 g/mol. The molecule has 0 unspecified atom stereocenters. The summed E-state index contributed by atoms with van der Waals surface area (Å²) in [5, 5.41) is 3.07. The van der Waals surface area contributed by atoms with Crippen LogP contribution in [0.1, 0.15) is 26.1 Å². The maximum absolute atomic E-state index is 5.73. The number of nitrogens with one attached hydrogen (secondary N) is 2. The van der Waals surface area contributed by atoms with Crippen LogP contribution in [0.25, 0.3) is 11.0 Å². The van der Waals surface area contributed by atoms with Gasteiger partial charge in [-0.05, 0) is 32.4 Å². The van der Waals surface area contributed by atoms with Gasteiger partial charge in [0.2, 0.25) is 0 Å². The molecule has 0 atom stereocenters. The lowest BCUT2D eigenvalue weighted by molar-refractivity contribution is 0.717. The Balaban J connectivity index is 1.82. The Labute approximate surface area is 113 Å². The van der Waals surface area contributed by atoms with E-state index in [4.69, 9.17) is 5.73 Å². The molecule has 0 bridgehead atoms. The first-order valence-electron chi connectivity index (χ1n) is 6.65. The van der Waals surface area contributed by atoms with Gasteiger partial charge in [0.25, 0.3) is 0 Å². The maximum Gasteiger partial charge on any atom is 0.188 e. The number of aromatic nitrogens is 2. The summed E-state index contributed by atoms with van der Waals surface area (Å²) in [6, 6.07) is 8.37. The van der Waals surface area contributed by atoms with E-state index in [1.54, 1.807) is 0 Å². The zero-order chi connectivity index (χ0) is 13.7. The largest absolute Gasteiger partial charge is 0.370 e. The van der Waals surface area contributed by atoms with Crippen LogP contribution in [0.2, 0.25) is 0 Å². The van der Waals surface area contributed by atoms with Crippen molar-refractivity contribution < 1.29 is 0 Å². The van der Waals surface area contributed by atoms with Gasteiger partial charge < -0.3 is 16.0 Å². The highest BCUT2D eigenvalue weighted by atomic mass is 15.1. The van der Waals surface area contributed by atoms with Gasteiger partial charge in [-0.2, -0.15) is 0 Å². The van der Waals surface area contributed by atoms with Crippen molar-refractivity contribution in [1.82, 2.24) is 15.3 Å². The van der Waals surface area contributed by atoms with Crippen molar-refractivity contribution in [2.45, 2.75) is 32.7 Å². The van der Waals surface area contributed by atoms with Gasteiger partial charge in [0, 0.05) is 19.0 Å². The molecule has 1 aromatic heterocycles. The number of H-pyrrole nitrogens is 1. The SMILES string of the molecule is CC(C)NC(N)=NCCCc1nc2ccccc2[nH]1. The second-order valence-electron chi connectivity index (χ2n) is 4.87. The number of nitrogens with zero attached hydrogens (tertiary/aromatic N) is 2. The summed E-state index contributed by atoms with van der Waals surface area (Å²) in [4.78, 5) is 12.1. The van der Waals surface area contributed by atoms with Crippen LogP contribution in [0, 0.1) is 0 Å². The normalized spacial score (nSPS) is 12.3. The summed E-state index contributed by atoms with van der Waals surface area (Å²) in [6.07, 6.45) is 1.81. The van der Waals surface area contributed by atoms with E-state index in [9.17, 15) is 0 Å². The molecule has 5 heteroatoms. The zero-order valence-electron chi connectivity index (χ0n) is 11.5. The van der Waals surface area contributed by atoms with Gasteiger partial charge in [0.05, 0.1) is 11.0 Å². The summed E-state index contributed by atoms with van der Waals surface area (Å²) in [7, 11) is 0. The van der Waals surface area contributed by atoms with Crippen LogP contribution in [0.15, 0.2) is 29.3 Å². The first kappa shape index (κ1) is 13.4. The molecule has 0 fully saturated rings. The van der Waals surface area contributed by atoms with E-state index in [1.807, 2.05) is 38.1 Å². The first-order chi connectivity index (χ1) is 9.15. The standard InChI is InChI=1S/C14H21N5/c1-10(2)17-14(15)16-9-5-8-13-18-11-6-3-4-7-12(11)19-13/h3-4,6-7,10H,5,8-9H2,1-2H3,(H,18,19)(H3,15,16,17). The fraction of sp³-hybridized carbons (Fsp3) is 0.429. The number of aliphatic imine (C=N–C) groups is 1. The number of fused-ring (bicyclic) bond motifs is 1. The average molecular weight is 259 g/mol. The number of guanidine groups is 1. The Bertz CT molecular complexity index is 523. The van der Waals surface area contributed by atoms with Crippen LogP contribution in [0.4, 0.5) is 0 Å². The summed E-state index contributed by atoms with van der Waals surface area (Å²) in [6.45, 7) is 4.79. The minimum absolute atomic E-state index is 0.319. The summed E-state index contributed by atoms with van der Waals surface area (Å²) < 4.78 is 0. The molecule has 0 spiro atoms. The van der Waals surface area contributed by atoms with E-state index in [2.05, 4.69) is 20.3 Å². The molecule has 0 aliphatic rings. The van der Waals surface area contributed by atoms with Crippen LogP contribution < -0.4 is 11.1 Å². The van der Waals surface area contributed by atoms with E-state index in [-0.39, 0.29) is 0 Å². The Morgan fingerprint density at radius 3 is 2.95 bits per heavy atom. The third kappa shape index (κ3) is 3.98. The maximum atomic E-state index is 5.73. The highest BCUT2D eigenvalue weighted by Crippen LogP contribution is 2.11. The van der Waals surface area contributed by atoms with Gasteiger partial charge in [-0.3, -0.25) is 4.99 Å². The van der Waals surface area contributed by atoms with Crippen molar-refractivity contribution in [2.24, 2.45) is 10.7 Å². The van der Waals surface area contributed by atoms with Gasteiger partial charge in [0.1, 0.15) is 5.82 Å². The Morgan fingerprint density at radius 1 is 1.42 bits per heavy atom. The summed E-state index contributed by atoms with van der Waals surface area (Å²) >= 11 is 0. The van der Waals surface area contributed by atoms with Crippen molar-refractivity contribution in [3.63, 3.8) is 0 Å². The van der Waals surface area contributed by atoms with Crippen LogP contribution in [0.3, 0.4) is 0 Å². The number of nitrogens with two attached hydrogens (primary N) is 1. The molecule has 2 aromatic rings. The second kappa shape index (κ2) is 6.22. The molecule has 0 aliphatic carbocycles. The molecular formula is C14H21N5. The van der Waals surface area contributed by atoms with E-state index < -0.39 is 0 Å². The van der Waals surface area contributed by atoms with Crippen molar-refractivity contribution >= 4 is 17.0 Å². The fourth-order valence-corrected chi connectivity index (χ4v) is 1.91. The summed E-state index contributed by atoms with van der Waals surface area (Å²) in [5.74, 6) is 1.52. The molecule has 1 aromatic carbocycles. The lowest BCUT2D eigenvalue weighted by Gasteiger charge is -2.07. The molecule has 5 nitrogen and oxygen atoms in total. The third-order valence-corrected chi connectivity index (χ3v) is 2.73. The number of hydrogen-bond donors (Lipinski definition) is 3. The predicted molar refractivity (Wildman–Crippen MR) is 79.2 cm³/mol. The highest BCUT2D eigenvalue weighted by Gasteiger charge is 2.01. The molecule has 1 heterocycles. The smallest absolute Gasteiger partial charge is 0.188 e. The molecule has 0 saturated carbocycles. The Hall–Kier alpha value is -2.04. The van der Waals surface area contributed by atoms with Crippen molar-refractivity contribution in [3.05, 3.63) is 30.1 Å². The number of benzene rings is 1. The van der Waals surface area contributed by atoms with E-state index in [0.717, 1.165) is 29.7 Å². The molecule has 0 radical (unpaired) electrons. The first-order valence-corrected chi connectivity index (χ1v) is 6.65. The molecule has 2 rings (SSSR count). The molecule has 4 N–H and O–H groups in total. The van der Waals surface area contributed by atoms with Gasteiger partial charge in [0.15, 0.2) is 5.96 Å². The van der Waals surface area contributed by atoms with Crippen LogP contribution >= 0.6 is 0 Å². The van der Waals surface area contributed by atoms with Gasteiger partial charge >= 0.3 is 0 Å². The Kier molecular flexibility index (Phi) is 4.39. The number of aryl methyl sites for hydroxylation is 1. The van der Waals surface area contributed by atoms with Crippen LogP contribution in [-0.4, -0.2) is 28.5 Å². The Morgan fingerprint density at radius 2 is 2.21 bits per heavy atom. The van der Waals surface area contributed by atoms with E-state index in [0.29, 0.717) is 18.5 Å². The molecule has 0 aliphatic heterocycles. The lowest BCUT2D eigenvalue weighted by Crippen LogP contribution is -2.36.